The Bertz CT molecular complexity index is 881. The minimum atomic E-state index is 0.441. The van der Waals surface area contributed by atoms with Gasteiger partial charge in [0.1, 0.15) is 0 Å². The van der Waals surface area contributed by atoms with Crippen LogP contribution in [0.1, 0.15) is 83.6 Å². The molecule has 0 N–H and O–H groups in total. The van der Waals surface area contributed by atoms with Gasteiger partial charge in [-0.1, -0.05) is 37.1 Å². The molecule has 0 bridgehead atoms. The second-order valence-corrected chi connectivity index (χ2v) is 15.0. The zero-order valence-electron chi connectivity index (χ0n) is 21.0. The number of fused-ring (bicyclic) bond motifs is 5. The van der Waals surface area contributed by atoms with Gasteiger partial charge in [-0.3, -0.25) is 0 Å². The first-order valence-electron chi connectivity index (χ1n) is 13.9. The molecule has 1 aromatic carbocycles. The third-order valence-electron chi connectivity index (χ3n) is 10.5. The first-order chi connectivity index (χ1) is 16.1. The first kappa shape index (κ1) is 22.9. The highest BCUT2D eigenvalue weighted by molar-refractivity contribution is 8.21. The van der Waals surface area contributed by atoms with Crippen LogP contribution in [0.4, 0.5) is 5.69 Å². The van der Waals surface area contributed by atoms with Gasteiger partial charge >= 0.3 is 0 Å². The lowest BCUT2D eigenvalue weighted by Gasteiger charge is -2.57. The summed E-state index contributed by atoms with van der Waals surface area (Å²) in [6.45, 7) is 9.41. The normalized spacial score (nSPS) is 39.0. The van der Waals surface area contributed by atoms with Crippen molar-refractivity contribution in [3.8, 4) is 0 Å². The van der Waals surface area contributed by atoms with E-state index in [1.165, 1.54) is 68.6 Å². The Morgan fingerprint density at radius 2 is 1.70 bits per heavy atom. The van der Waals surface area contributed by atoms with Crippen LogP contribution in [-0.4, -0.2) is 28.7 Å². The van der Waals surface area contributed by atoms with E-state index >= 15 is 0 Å². The van der Waals surface area contributed by atoms with Gasteiger partial charge in [0.15, 0.2) is 0 Å². The highest BCUT2D eigenvalue weighted by atomic mass is 32.2. The summed E-state index contributed by atoms with van der Waals surface area (Å²) in [7, 11) is 0. The number of benzene rings is 1. The van der Waals surface area contributed by atoms with Crippen LogP contribution in [0.3, 0.4) is 0 Å². The quantitative estimate of drug-likeness (QED) is 0.398. The molecule has 1 spiro atoms. The summed E-state index contributed by atoms with van der Waals surface area (Å²) in [5, 5.41) is 0. The van der Waals surface area contributed by atoms with Gasteiger partial charge in [0.2, 0.25) is 0 Å². The minimum Gasteiger partial charge on any atom is -0.372 e. The van der Waals surface area contributed by atoms with Crippen molar-refractivity contribution in [3.63, 3.8) is 0 Å². The molecule has 6 atom stereocenters. The van der Waals surface area contributed by atoms with Crippen LogP contribution in [0.5, 0.6) is 0 Å². The average molecular weight is 482 g/mol. The summed E-state index contributed by atoms with van der Waals surface area (Å²) in [6.07, 6.45) is 14.4. The van der Waals surface area contributed by atoms with Gasteiger partial charge in [-0.05, 0) is 111 Å². The van der Waals surface area contributed by atoms with Crippen molar-refractivity contribution < 1.29 is 0 Å². The van der Waals surface area contributed by atoms with Gasteiger partial charge in [-0.15, -0.1) is 23.5 Å². The molecule has 0 amide bonds. The molecule has 1 aliphatic heterocycles. The second-order valence-electron chi connectivity index (χ2n) is 11.9. The molecule has 4 fully saturated rings. The first-order valence-corrected chi connectivity index (χ1v) is 15.9. The van der Waals surface area contributed by atoms with Crippen molar-refractivity contribution in [3.05, 3.63) is 41.5 Å². The van der Waals surface area contributed by atoms with Crippen LogP contribution < -0.4 is 4.90 Å². The van der Waals surface area contributed by atoms with Crippen molar-refractivity contribution in [1.82, 2.24) is 0 Å². The third kappa shape index (κ3) is 3.83. The van der Waals surface area contributed by atoms with E-state index in [1.54, 1.807) is 5.56 Å². The zero-order valence-corrected chi connectivity index (χ0v) is 22.7. The minimum absolute atomic E-state index is 0.441. The van der Waals surface area contributed by atoms with Crippen molar-refractivity contribution >= 4 is 29.2 Å². The van der Waals surface area contributed by atoms with Crippen LogP contribution in [-0.2, 0) is 0 Å². The van der Waals surface area contributed by atoms with Crippen molar-refractivity contribution in [1.29, 1.82) is 0 Å². The Balaban J connectivity index is 1.36. The molecule has 1 saturated heterocycles. The number of hydrogen-bond donors (Lipinski definition) is 0. The molecule has 0 unspecified atom stereocenters. The highest BCUT2D eigenvalue weighted by Crippen LogP contribution is 2.67. The van der Waals surface area contributed by atoms with Crippen LogP contribution >= 0.6 is 23.5 Å². The van der Waals surface area contributed by atoms with Crippen LogP contribution in [0.25, 0.3) is 0 Å². The van der Waals surface area contributed by atoms with E-state index in [0.29, 0.717) is 9.49 Å². The maximum absolute atomic E-state index is 2.81. The molecule has 1 aromatic rings. The van der Waals surface area contributed by atoms with Gasteiger partial charge in [-0.25, -0.2) is 0 Å². The predicted molar refractivity (Wildman–Crippen MR) is 147 cm³/mol. The van der Waals surface area contributed by atoms with Crippen LogP contribution in [0, 0.1) is 29.1 Å². The second kappa shape index (κ2) is 8.84. The maximum atomic E-state index is 2.81. The monoisotopic (exact) mass is 481 g/mol. The molecule has 4 aliphatic carbocycles. The molecule has 3 heteroatoms. The van der Waals surface area contributed by atoms with Gasteiger partial charge < -0.3 is 4.90 Å². The Morgan fingerprint density at radius 1 is 0.939 bits per heavy atom. The molecular formula is C30H43NS2. The van der Waals surface area contributed by atoms with Crippen molar-refractivity contribution in [2.24, 2.45) is 29.1 Å². The molecule has 1 nitrogen and oxygen atoms in total. The average Bonchev–Trinajstić information content (AvgIpc) is 3.45. The van der Waals surface area contributed by atoms with E-state index in [9.17, 15) is 0 Å². The standard InChI is InChI=1S/C30H43NS2/c1-4-31(5-2)23-11-8-21(9-12-23)26-20-29(3)15-6-7-27(29)25-13-10-22-19-30(32-17-18-33-30)16-14-24(22)28(25)26/h8-9,11-12,19,24-28H,4-7,10,13-18,20H2,1-3H3/t24-,25-,26+,27-,28+,29-/m0/s1. The summed E-state index contributed by atoms with van der Waals surface area (Å²) in [5.74, 6) is 7.15. The molecule has 0 aromatic heterocycles. The summed E-state index contributed by atoms with van der Waals surface area (Å²) < 4.78 is 0.441. The van der Waals surface area contributed by atoms with E-state index in [0.717, 1.165) is 42.7 Å². The molecule has 1 heterocycles. The van der Waals surface area contributed by atoms with E-state index in [2.05, 4.69) is 79.5 Å². The largest absolute Gasteiger partial charge is 0.372 e. The Hall–Kier alpha value is -0.540. The molecule has 3 saturated carbocycles. The molecule has 6 rings (SSSR count). The van der Waals surface area contributed by atoms with E-state index < -0.39 is 0 Å². The molecular weight excluding hydrogens is 438 g/mol. The lowest BCUT2D eigenvalue weighted by molar-refractivity contribution is -0.0189. The van der Waals surface area contributed by atoms with E-state index in [4.69, 9.17) is 0 Å². The summed E-state index contributed by atoms with van der Waals surface area (Å²) in [6, 6.07) is 9.92. The fraction of sp³-hybridized carbons (Fsp3) is 0.733. The van der Waals surface area contributed by atoms with Crippen LogP contribution in [0.15, 0.2) is 35.9 Å². The van der Waals surface area contributed by atoms with Gasteiger partial charge in [0, 0.05) is 30.3 Å². The van der Waals surface area contributed by atoms with E-state index in [-0.39, 0.29) is 0 Å². The number of anilines is 1. The fourth-order valence-electron chi connectivity index (χ4n) is 9.02. The topological polar surface area (TPSA) is 3.24 Å². The van der Waals surface area contributed by atoms with E-state index in [1.807, 2.05) is 5.57 Å². The number of rotatable bonds is 4. The van der Waals surface area contributed by atoms with Gasteiger partial charge in [0.25, 0.3) is 0 Å². The Kier molecular flexibility index (Phi) is 6.13. The number of nitrogens with zero attached hydrogens (tertiary/aromatic N) is 1. The molecule has 180 valence electrons. The zero-order chi connectivity index (χ0) is 22.6. The smallest absolute Gasteiger partial charge is 0.0794 e. The lowest BCUT2D eigenvalue weighted by atomic mass is 9.48. The highest BCUT2D eigenvalue weighted by Gasteiger charge is 2.57. The fourth-order valence-corrected chi connectivity index (χ4v) is 12.2. The molecule has 0 radical (unpaired) electrons. The predicted octanol–water partition coefficient (Wildman–Crippen LogP) is 8.37. The number of thioether (sulfide) groups is 2. The molecule has 33 heavy (non-hydrogen) atoms. The van der Waals surface area contributed by atoms with Crippen molar-refractivity contribution in [2.75, 3.05) is 29.5 Å². The summed E-state index contributed by atoms with van der Waals surface area (Å²) in [4.78, 5) is 2.49. The number of allylic oxidation sites excluding steroid dienone is 1. The Morgan fingerprint density at radius 3 is 2.42 bits per heavy atom. The van der Waals surface area contributed by atoms with Crippen molar-refractivity contribution in [2.45, 2.75) is 82.1 Å². The summed E-state index contributed by atoms with van der Waals surface area (Å²) in [5.41, 5.74) is 5.51. The molecule has 5 aliphatic rings. The summed E-state index contributed by atoms with van der Waals surface area (Å²) >= 11 is 4.51. The Labute approximate surface area is 210 Å². The lowest BCUT2D eigenvalue weighted by Crippen LogP contribution is -2.48. The number of hydrogen-bond acceptors (Lipinski definition) is 3. The van der Waals surface area contributed by atoms with Gasteiger partial charge in [-0.2, -0.15) is 0 Å². The SMILES string of the molecule is CCN(CC)c1ccc([C@H]2C[C@]3(C)CCC[C@H]3[C@@H]3CCC4=CC5(CC[C@@H]4[C@H]32)SCCS5)cc1. The van der Waals surface area contributed by atoms with Crippen LogP contribution in [0.2, 0.25) is 0 Å². The maximum Gasteiger partial charge on any atom is 0.0794 e. The van der Waals surface area contributed by atoms with Gasteiger partial charge in [0.05, 0.1) is 4.08 Å². The third-order valence-corrected chi connectivity index (χ3v) is 13.9.